The van der Waals surface area contributed by atoms with Crippen molar-refractivity contribution in [3.8, 4) is 0 Å². The molecule has 0 saturated heterocycles. The monoisotopic (exact) mass is 445 g/mol. The molecule has 0 heterocycles. The zero-order valence-corrected chi connectivity index (χ0v) is 19.0. The van der Waals surface area contributed by atoms with Gasteiger partial charge in [0.1, 0.15) is 0 Å². The molecule has 4 heteroatoms. The quantitative estimate of drug-likeness (QED) is 0.320. The largest absolute Gasteiger partial charge is 0.297 e. The van der Waals surface area contributed by atoms with E-state index >= 15 is 0 Å². The SMILES string of the molecule is CC(c1cccc(Cl)c1)C(NP(=O)(c1ccccc1)c1ccccc1)c1ccccc1. The minimum atomic E-state index is -3.11. The first-order valence-electron chi connectivity index (χ1n) is 10.4. The van der Waals surface area contributed by atoms with Crippen molar-refractivity contribution in [2.45, 2.75) is 18.9 Å². The van der Waals surface area contributed by atoms with Crippen LogP contribution >= 0.6 is 18.9 Å². The summed E-state index contributed by atoms with van der Waals surface area (Å²) in [7, 11) is -3.11. The van der Waals surface area contributed by atoms with Crippen molar-refractivity contribution in [3.63, 3.8) is 0 Å². The number of halogens is 1. The summed E-state index contributed by atoms with van der Waals surface area (Å²) in [6.07, 6.45) is 0. The van der Waals surface area contributed by atoms with E-state index in [0.29, 0.717) is 5.02 Å². The predicted octanol–water partition coefficient (Wildman–Crippen LogP) is 6.70. The van der Waals surface area contributed by atoms with Crippen LogP contribution in [0, 0.1) is 0 Å². The van der Waals surface area contributed by atoms with Crippen molar-refractivity contribution in [2.75, 3.05) is 0 Å². The molecule has 1 N–H and O–H groups in total. The van der Waals surface area contributed by atoms with Crippen LogP contribution in [0.15, 0.2) is 115 Å². The second-order valence-electron chi connectivity index (χ2n) is 7.64. The molecular weight excluding hydrogens is 421 g/mol. The van der Waals surface area contributed by atoms with Crippen LogP contribution < -0.4 is 15.7 Å². The third-order valence-corrected chi connectivity index (χ3v) is 8.52. The lowest BCUT2D eigenvalue weighted by molar-refractivity contribution is 0.523. The molecular formula is C27H25ClNOP. The first-order chi connectivity index (χ1) is 15.1. The van der Waals surface area contributed by atoms with Crippen molar-refractivity contribution < 1.29 is 4.57 Å². The fraction of sp³-hybridized carbons (Fsp3) is 0.111. The Kier molecular flexibility index (Phi) is 6.73. The highest BCUT2D eigenvalue weighted by atomic mass is 35.5. The lowest BCUT2D eigenvalue weighted by Crippen LogP contribution is -2.33. The zero-order chi connectivity index (χ0) is 21.7. The lowest BCUT2D eigenvalue weighted by Gasteiger charge is -2.31. The number of nitrogens with one attached hydrogen (secondary N) is 1. The van der Waals surface area contributed by atoms with Crippen LogP contribution in [0.4, 0.5) is 0 Å². The average Bonchev–Trinajstić information content (AvgIpc) is 2.83. The van der Waals surface area contributed by atoms with Crippen molar-refractivity contribution in [1.82, 2.24) is 5.09 Å². The Hall–Kier alpha value is -2.64. The number of hydrogen-bond acceptors (Lipinski definition) is 1. The Bertz CT molecular complexity index is 1120. The average molecular weight is 446 g/mol. The highest BCUT2D eigenvalue weighted by Crippen LogP contribution is 2.45. The summed E-state index contributed by atoms with van der Waals surface area (Å²) in [6.45, 7) is 2.15. The van der Waals surface area contributed by atoms with Crippen LogP contribution in [-0.4, -0.2) is 0 Å². The van der Waals surface area contributed by atoms with E-state index in [0.717, 1.165) is 21.7 Å². The Morgan fingerprint density at radius 1 is 0.677 bits per heavy atom. The minimum Gasteiger partial charge on any atom is -0.297 e. The van der Waals surface area contributed by atoms with E-state index in [2.05, 4.69) is 30.2 Å². The van der Waals surface area contributed by atoms with Gasteiger partial charge in [-0.2, -0.15) is 0 Å². The van der Waals surface area contributed by atoms with Crippen LogP contribution in [0.1, 0.15) is 30.0 Å². The van der Waals surface area contributed by atoms with Crippen molar-refractivity contribution >= 4 is 29.5 Å². The molecule has 0 amide bonds. The summed E-state index contributed by atoms with van der Waals surface area (Å²) >= 11 is 6.29. The smallest absolute Gasteiger partial charge is 0.205 e. The maximum Gasteiger partial charge on any atom is 0.205 e. The van der Waals surface area contributed by atoms with Gasteiger partial charge in [-0.25, -0.2) is 0 Å². The first-order valence-corrected chi connectivity index (χ1v) is 12.5. The molecule has 0 aliphatic heterocycles. The van der Waals surface area contributed by atoms with Crippen molar-refractivity contribution in [3.05, 3.63) is 131 Å². The second-order valence-corrected chi connectivity index (χ2v) is 10.6. The molecule has 0 aliphatic carbocycles. The van der Waals surface area contributed by atoms with E-state index < -0.39 is 7.29 Å². The molecule has 4 rings (SSSR count). The molecule has 0 fully saturated rings. The second kappa shape index (κ2) is 9.66. The molecule has 4 aromatic carbocycles. The van der Waals surface area contributed by atoms with Crippen LogP contribution in [-0.2, 0) is 4.57 Å². The summed E-state index contributed by atoms with van der Waals surface area (Å²) in [5.74, 6) is 0.0434. The topological polar surface area (TPSA) is 29.1 Å². The van der Waals surface area contributed by atoms with E-state index in [-0.39, 0.29) is 12.0 Å². The van der Waals surface area contributed by atoms with E-state index in [1.807, 2.05) is 97.1 Å². The van der Waals surface area contributed by atoms with Crippen LogP contribution in [0.25, 0.3) is 0 Å². The molecule has 156 valence electrons. The Morgan fingerprint density at radius 3 is 1.68 bits per heavy atom. The van der Waals surface area contributed by atoms with E-state index in [4.69, 9.17) is 11.6 Å². The third-order valence-electron chi connectivity index (χ3n) is 5.59. The number of hydrogen-bond donors (Lipinski definition) is 1. The number of benzene rings is 4. The minimum absolute atomic E-state index is 0.0434. The van der Waals surface area contributed by atoms with Gasteiger partial charge >= 0.3 is 0 Å². The molecule has 0 saturated carbocycles. The molecule has 2 atom stereocenters. The van der Waals surface area contributed by atoms with Gasteiger partial charge in [-0.3, -0.25) is 9.65 Å². The van der Waals surface area contributed by atoms with Gasteiger partial charge in [0.2, 0.25) is 7.29 Å². The molecule has 0 spiro atoms. The highest BCUT2D eigenvalue weighted by molar-refractivity contribution is 7.76. The van der Waals surface area contributed by atoms with E-state index in [1.165, 1.54) is 0 Å². The van der Waals surface area contributed by atoms with Crippen LogP contribution in [0.3, 0.4) is 0 Å². The lowest BCUT2D eigenvalue weighted by atomic mass is 9.89. The standard InChI is InChI=1S/C27H25ClNOP/c1-21(23-14-11-15-24(28)20-23)27(22-12-5-2-6-13-22)29-31(30,25-16-7-3-8-17-25)26-18-9-4-10-19-26/h2-21,27H,1H3,(H,29,30). The Labute approximate surface area is 189 Å². The molecule has 31 heavy (non-hydrogen) atoms. The Balaban J connectivity index is 1.83. The fourth-order valence-electron chi connectivity index (χ4n) is 3.89. The normalized spacial score (nSPS) is 13.5. The molecule has 0 bridgehead atoms. The molecule has 2 nitrogen and oxygen atoms in total. The summed E-state index contributed by atoms with van der Waals surface area (Å²) in [5, 5.41) is 5.89. The van der Waals surface area contributed by atoms with Crippen molar-refractivity contribution in [1.29, 1.82) is 0 Å². The van der Waals surface area contributed by atoms with Gasteiger partial charge in [0.15, 0.2) is 0 Å². The molecule has 4 aromatic rings. The summed E-state index contributed by atoms with van der Waals surface area (Å²) in [4.78, 5) is 0. The van der Waals surface area contributed by atoms with Gasteiger partial charge in [-0.15, -0.1) is 0 Å². The fourth-order valence-corrected chi connectivity index (χ4v) is 6.63. The zero-order valence-electron chi connectivity index (χ0n) is 17.4. The van der Waals surface area contributed by atoms with Gasteiger partial charge in [0.25, 0.3) is 0 Å². The first kappa shape index (κ1) is 21.6. The van der Waals surface area contributed by atoms with Gasteiger partial charge in [0, 0.05) is 27.6 Å². The summed E-state index contributed by atoms with van der Waals surface area (Å²) < 4.78 is 14.7. The molecule has 2 unspecified atom stereocenters. The highest BCUT2D eigenvalue weighted by Gasteiger charge is 2.33. The van der Waals surface area contributed by atoms with Crippen molar-refractivity contribution in [2.24, 2.45) is 0 Å². The molecule has 0 aliphatic rings. The van der Waals surface area contributed by atoms with Gasteiger partial charge in [-0.1, -0.05) is 97.4 Å². The Morgan fingerprint density at radius 2 is 1.16 bits per heavy atom. The third kappa shape index (κ3) is 4.83. The summed E-state index contributed by atoms with van der Waals surface area (Å²) in [6, 6.07) is 37.3. The summed E-state index contributed by atoms with van der Waals surface area (Å²) in [5.41, 5.74) is 2.18. The van der Waals surface area contributed by atoms with Crippen LogP contribution in [0.5, 0.6) is 0 Å². The number of rotatable bonds is 7. The van der Waals surface area contributed by atoms with Crippen LogP contribution in [0.2, 0.25) is 5.02 Å². The molecule has 0 aromatic heterocycles. The van der Waals surface area contributed by atoms with Gasteiger partial charge in [0.05, 0.1) is 0 Å². The van der Waals surface area contributed by atoms with Gasteiger partial charge < -0.3 is 0 Å². The maximum absolute atomic E-state index is 14.7. The van der Waals surface area contributed by atoms with Gasteiger partial charge in [-0.05, 0) is 47.5 Å². The predicted molar refractivity (Wildman–Crippen MR) is 132 cm³/mol. The maximum atomic E-state index is 14.7. The van der Waals surface area contributed by atoms with E-state index in [1.54, 1.807) is 0 Å². The molecule has 0 radical (unpaired) electrons. The van der Waals surface area contributed by atoms with E-state index in [9.17, 15) is 4.57 Å².